The van der Waals surface area contributed by atoms with E-state index in [1.165, 1.54) is 11.1 Å². The van der Waals surface area contributed by atoms with Crippen molar-refractivity contribution < 1.29 is 20.4 Å². The fourth-order valence-corrected chi connectivity index (χ4v) is 1.57. The van der Waals surface area contributed by atoms with Gasteiger partial charge in [-0.15, -0.1) is 0 Å². The number of nitrogens with zero attached hydrogens (tertiary/aromatic N) is 2. The Morgan fingerprint density at radius 2 is 1.12 bits per heavy atom. The average Bonchev–Trinajstić information content (AvgIpc) is 2.11. The number of aromatic nitrogens is 2. The fraction of sp³-hybridized carbons (Fsp3) is 0.167. The van der Waals surface area contributed by atoms with E-state index in [9.17, 15) is 0 Å². The van der Waals surface area contributed by atoms with E-state index >= 15 is 0 Å². The van der Waals surface area contributed by atoms with Crippen LogP contribution in [0.25, 0.3) is 11.0 Å². The van der Waals surface area contributed by atoms with Crippen LogP contribution in [0.15, 0.2) is 22.2 Å². The van der Waals surface area contributed by atoms with Gasteiger partial charge in [-0.25, -0.2) is 0 Å². The fourth-order valence-electron chi connectivity index (χ4n) is 1.28. The third kappa shape index (κ3) is 3.82. The molecule has 0 amide bonds. The third-order valence-corrected chi connectivity index (χ3v) is 2.92. The summed E-state index contributed by atoms with van der Waals surface area (Å²) in [5.41, 5.74) is 4.04. The van der Waals surface area contributed by atoms with Crippen LogP contribution in [-0.4, -0.2) is 9.97 Å². The van der Waals surface area contributed by atoms with E-state index in [4.69, 9.17) is 25.3 Å². The second-order valence-electron chi connectivity index (χ2n) is 3.26. The third-order valence-electron chi connectivity index (χ3n) is 2.22. The van der Waals surface area contributed by atoms with Crippen molar-refractivity contribution in [2.24, 2.45) is 0 Å². The van der Waals surface area contributed by atoms with Crippen molar-refractivity contribution in [2.75, 3.05) is 0 Å². The molecule has 0 saturated heterocycles. The van der Waals surface area contributed by atoms with E-state index in [0.717, 1.165) is 11.0 Å². The molecular formula is C12H14N2PdS2-4. The van der Waals surface area contributed by atoms with Crippen LogP contribution < -0.4 is 0 Å². The van der Waals surface area contributed by atoms with Crippen LogP contribution in [0.1, 0.15) is 11.1 Å². The molecule has 5 heteroatoms. The first kappa shape index (κ1) is 19.0. The van der Waals surface area contributed by atoms with E-state index in [-0.39, 0.29) is 35.3 Å². The van der Waals surface area contributed by atoms with Gasteiger partial charge in [0.2, 0.25) is 0 Å². The van der Waals surface area contributed by atoms with Gasteiger partial charge in [-0.05, 0) is 37.1 Å². The molecule has 0 spiro atoms. The number of rotatable bonds is 0. The quantitative estimate of drug-likeness (QED) is 0.412. The molecule has 2 rings (SSSR count). The predicted molar refractivity (Wildman–Crippen MR) is 73.1 cm³/mol. The van der Waals surface area contributed by atoms with Crippen LogP contribution in [0.3, 0.4) is 0 Å². The zero-order chi connectivity index (χ0) is 10.3. The van der Waals surface area contributed by atoms with Gasteiger partial charge in [0.15, 0.2) is 0 Å². The van der Waals surface area contributed by atoms with Crippen molar-refractivity contribution in [1.29, 1.82) is 0 Å². The van der Waals surface area contributed by atoms with E-state index in [1.54, 1.807) is 0 Å². The van der Waals surface area contributed by atoms with Crippen molar-refractivity contribution in [3.05, 3.63) is 38.1 Å². The summed E-state index contributed by atoms with van der Waals surface area (Å²) in [7, 11) is 0. The molecule has 0 radical (unpaired) electrons. The van der Waals surface area contributed by atoms with Gasteiger partial charge in [-0.3, -0.25) is 9.97 Å². The van der Waals surface area contributed by atoms with Crippen molar-refractivity contribution in [2.45, 2.75) is 23.9 Å². The average molecular weight is 357 g/mol. The Morgan fingerprint density at radius 3 is 1.41 bits per heavy atom. The van der Waals surface area contributed by atoms with Gasteiger partial charge in [0.25, 0.3) is 0 Å². The van der Waals surface area contributed by atoms with E-state index in [2.05, 4.69) is 9.97 Å². The molecule has 0 aliphatic rings. The van der Waals surface area contributed by atoms with Crippen LogP contribution in [0.2, 0.25) is 0 Å². The van der Waals surface area contributed by atoms with Gasteiger partial charge < -0.3 is 40.1 Å². The number of hydrogen-bond acceptors (Lipinski definition) is 4. The molecule has 2 aromatic rings. The van der Waals surface area contributed by atoms with Crippen LogP contribution in [0.4, 0.5) is 0 Å². The number of fused-ring (bicyclic) bond motifs is 1. The van der Waals surface area contributed by atoms with E-state index in [0.29, 0.717) is 10.1 Å². The molecule has 0 atom stereocenters. The Bertz CT molecular complexity index is 426. The Balaban J connectivity index is 0. The van der Waals surface area contributed by atoms with Gasteiger partial charge in [-0.1, -0.05) is 10.1 Å². The minimum absolute atomic E-state index is 0. The number of aryl methyl sites for hydroxylation is 2. The molecule has 0 aliphatic carbocycles. The molecule has 2 nitrogen and oxygen atoms in total. The SMILES string of the molecule is Cc1cc2nc([S-])c([S-])nc2cc1C.[CH3-].[CH3-].[Pd]. The second-order valence-corrected chi connectivity index (χ2v) is 4.03. The number of benzene rings is 1. The molecule has 0 saturated carbocycles. The molecule has 1 aromatic carbocycles. The second kappa shape index (κ2) is 7.18. The van der Waals surface area contributed by atoms with E-state index < -0.39 is 0 Å². The summed E-state index contributed by atoms with van der Waals surface area (Å²) in [6.07, 6.45) is 0. The molecule has 0 fully saturated rings. The summed E-state index contributed by atoms with van der Waals surface area (Å²) in [6.45, 7) is 4.09. The van der Waals surface area contributed by atoms with Gasteiger partial charge in [-0.2, -0.15) is 0 Å². The van der Waals surface area contributed by atoms with Gasteiger partial charge >= 0.3 is 0 Å². The maximum absolute atomic E-state index is 4.98. The number of hydrogen-bond donors (Lipinski definition) is 0. The molecule has 17 heavy (non-hydrogen) atoms. The molecule has 0 unspecified atom stereocenters. The minimum Gasteiger partial charge on any atom is -0.760 e. The van der Waals surface area contributed by atoms with Crippen molar-refractivity contribution >= 4 is 36.3 Å². The zero-order valence-electron chi connectivity index (χ0n) is 10.2. The summed E-state index contributed by atoms with van der Waals surface area (Å²) in [5.74, 6) is 0. The summed E-state index contributed by atoms with van der Waals surface area (Å²) in [6, 6.07) is 3.98. The normalized spacial score (nSPS) is 8.82. The van der Waals surface area contributed by atoms with Crippen molar-refractivity contribution in [3.8, 4) is 0 Å². The molecule has 0 aliphatic heterocycles. The maximum Gasteiger partial charge on any atom is 0.0870 e. The Morgan fingerprint density at radius 1 is 0.824 bits per heavy atom. The van der Waals surface area contributed by atoms with E-state index in [1.807, 2.05) is 26.0 Å². The van der Waals surface area contributed by atoms with Crippen LogP contribution >= 0.6 is 0 Å². The van der Waals surface area contributed by atoms with Crippen molar-refractivity contribution in [3.63, 3.8) is 0 Å². The first-order valence-corrected chi connectivity index (χ1v) is 5.02. The molecule has 1 aromatic heterocycles. The van der Waals surface area contributed by atoms with Crippen LogP contribution in [-0.2, 0) is 45.7 Å². The summed E-state index contributed by atoms with van der Waals surface area (Å²) < 4.78 is 0. The first-order chi connectivity index (χ1) is 6.58. The molecule has 98 valence electrons. The smallest absolute Gasteiger partial charge is 0.0870 e. The van der Waals surface area contributed by atoms with Gasteiger partial charge in [0.05, 0.1) is 11.0 Å². The zero-order valence-corrected chi connectivity index (χ0v) is 13.4. The van der Waals surface area contributed by atoms with Crippen LogP contribution in [0.5, 0.6) is 0 Å². The molecule has 1 heterocycles. The van der Waals surface area contributed by atoms with Crippen molar-refractivity contribution in [1.82, 2.24) is 9.97 Å². The Kier molecular flexibility index (Phi) is 8.03. The molecule has 0 N–H and O–H groups in total. The van der Waals surface area contributed by atoms with Gasteiger partial charge in [0.1, 0.15) is 0 Å². The minimum atomic E-state index is 0. The van der Waals surface area contributed by atoms with Crippen LogP contribution in [0, 0.1) is 28.7 Å². The maximum atomic E-state index is 4.98. The summed E-state index contributed by atoms with van der Waals surface area (Å²) in [4.78, 5) is 8.45. The van der Waals surface area contributed by atoms with Gasteiger partial charge in [0, 0.05) is 20.4 Å². The summed E-state index contributed by atoms with van der Waals surface area (Å²) >= 11 is 9.96. The predicted octanol–water partition coefficient (Wildman–Crippen LogP) is 2.96. The standard InChI is InChI=1S/C10H10N2S2.2CH3.Pd/c1-5-3-7-8(4-6(5)2)12-10(14)9(13)11-7;;;/h3-4H,1-2H3,(H,11,13)(H,12,14);2*1H3;/q;2*-1;/p-2. The Hall–Kier alpha value is -0.338. The Labute approximate surface area is 128 Å². The molecule has 0 bridgehead atoms. The first-order valence-electron chi connectivity index (χ1n) is 4.21. The topological polar surface area (TPSA) is 25.8 Å². The molecular weight excluding hydrogens is 343 g/mol. The monoisotopic (exact) mass is 356 g/mol. The summed E-state index contributed by atoms with van der Waals surface area (Å²) in [5, 5.41) is 0.825. The largest absolute Gasteiger partial charge is 0.760 e.